The molecule has 1 N–H and O–H groups in total. The van der Waals surface area contributed by atoms with Gasteiger partial charge in [-0.25, -0.2) is 0 Å². The zero-order valence-electron chi connectivity index (χ0n) is 15.9. The van der Waals surface area contributed by atoms with E-state index >= 15 is 0 Å². The maximum absolute atomic E-state index is 12.5. The molecular formula is C23H18ClN3O2. The molecule has 0 radical (unpaired) electrons. The van der Waals surface area contributed by atoms with Crippen molar-refractivity contribution < 1.29 is 9.21 Å². The average Bonchev–Trinajstić information content (AvgIpc) is 3.22. The second-order valence-electron chi connectivity index (χ2n) is 6.72. The Bertz CT molecular complexity index is 1170. The van der Waals surface area contributed by atoms with E-state index in [1.807, 2.05) is 44.2 Å². The molecule has 4 rings (SSSR count). The minimum Gasteiger partial charge on any atom is -0.416 e. The molecule has 1 aromatic heterocycles. The average molecular weight is 404 g/mol. The fourth-order valence-electron chi connectivity index (χ4n) is 2.85. The molecule has 0 fully saturated rings. The summed E-state index contributed by atoms with van der Waals surface area (Å²) in [4.78, 5) is 12.5. The third-order valence-electron chi connectivity index (χ3n) is 4.63. The van der Waals surface area contributed by atoms with Crippen LogP contribution in [0.1, 0.15) is 21.5 Å². The van der Waals surface area contributed by atoms with Crippen molar-refractivity contribution in [1.82, 2.24) is 10.2 Å². The maximum atomic E-state index is 12.5. The third kappa shape index (κ3) is 4.05. The second-order valence-corrected chi connectivity index (χ2v) is 7.13. The van der Waals surface area contributed by atoms with Crippen molar-refractivity contribution in [3.8, 4) is 22.9 Å². The van der Waals surface area contributed by atoms with Crippen molar-refractivity contribution in [2.45, 2.75) is 13.8 Å². The van der Waals surface area contributed by atoms with Gasteiger partial charge >= 0.3 is 0 Å². The summed E-state index contributed by atoms with van der Waals surface area (Å²) < 4.78 is 5.78. The van der Waals surface area contributed by atoms with Crippen LogP contribution in [0, 0.1) is 13.8 Å². The van der Waals surface area contributed by atoms with Gasteiger partial charge in [0.2, 0.25) is 11.8 Å². The van der Waals surface area contributed by atoms with Gasteiger partial charge in [-0.15, -0.1) is 10.2 Å². The second kappa shape index (κ2) is 7.89. The number of benzene rings is 3. The zero-order chi connectivity index (χ0) is 20.4. The van der Waals surface area contributed by atoms with Gasteiger partial charge in [-0.1, -0.05) is 35.4 Å². The van der Waals surface area contributed by atoms with Gasteiger partial charge in [-0.3, -0.25) is 4.79 Å². The Morgan fingerprint density at radius 2 is 1.45 bits per heavy atom. The summed E-state index contributed by atoms with van der Waals surface area (Å²) in [5, 5.41) is 11.7. The monoisotopic (exact) mass is 403 g/mol. The van der Waals surface area contributed by atoms with Gasteiger partial charge in [0.25, 0.3) is 5.91 Å². The number of carbonyl (C=O) groups is 1. The molecule has 5 nitrogen and oxygen atoms in total. The van der Waals surface area contributed by atoms with Crippen LogP contribution in [0.15, 0.2) is 71.1 Å². The van der Waals surface area contributed by atoms with Crippen LogP contribution < -0.4 is 5.32 Å². The number of halogens is 1. The summed E-state index contributed by atoms with van der Waals surface area (Å²) in [7, 11) is 0. The van der Waals surface area contributed by atoms with Gasteiger partial charge in [-0.2, -0.15) is 0 Å². The standard InChI is InChI=1S/C23H18ClN3O2/c1-14-6-8-17(9-7-14)22-26-27-23(29-22)18-12-10-16(11-13-18)21(28)25-20-5-3-4-19(24)15(20)2/h3-13H,1-2H3,(H,25,28). The van der Waals surface area contributed by atoms with Crippen LogP contribution in [-0.4, -0.2) is 16.1 Å². The van der Waals surface area contributed by atoms with Gasteiger partial charge in [0.1, 0.15) is 0 Å². The number of carbonyl (C=O) groups excluding carboxylic acids is 1. The lowest BCUT2D eigenvalue weighted by Crippen LogP contribution is -2.12. The lowest BCUT2D eigenvalue weighted by Gasteiger charge is -2.09. The highest BCUT2D eigenvalue weighted by molar-refractivity contribution is 6.31. The quantitative estimate of drug-likeness (QED) is 0.458. The molecule has 0 atom stereocenters. The summed E-state index contributed by atoms with van der Waals surface area (Å²) in [5.41, 5.74) is 4.80. The number of hydrogen-bond acceptors (Lipinski definition) is 4. The van der Waals surface area contributed by atoms with E-state index in [-0.39, 0.29) is 5.91 Å². The molecule has 29 heavy (non-hydrogen) atoms. The number of aryl methyl sites for hydroxylation is 1. The van der Waals surface area contributed by atoms with Gasteiger partial charge < -0.3 is 9.73 Å². The minimum absolute atomic E-state index is 0.215. The van der Waals surface area contributed by atoms with Crippen LogP contribution >= 0.6 is 11.6 Å². The lowest BCUT2D eigenvalue weighted by molar-refractivity contribution is 0.102. The van der Waals surface area contributed by atoms with Crippen LogP contribution in [0.25, 0.3) is 22.9 Å². The van der Waals surface area contributed by atoms with E-state index < -0.39 is 0 Å². The third-order valence-corrected chi connectivity index (χ3v) is 5.04. The molecule has 144 valence electrons. The van der Waals surface area contributed by atoms with Crippen molar-refractivity contribution in [3.63, 3.8) is 0 Å². The first-order chi connectivity index (χ1) is 14.0. The molecule has 0 aliphatic heterocycles. The summed E-state index contributed by atoms with van der Waals surface area (Å²) >= 11 is 6.11. The number of hydrogen-bond donors (Lipinski definition) is 1. The maximum Gasteiger partial charge on any atom is 0.255 e. The first-order valence-electron chi connectivity index (χ1n) is 9.09. The predicted molar refractivity (Wildman–Crippen MR) is 114 cm³/mol. The molecule has 0 spiro atoms. The fraction of sp³-hybridized carbons (Fsp3) is 0.0870. The van der Waals surface area contributed by atoms with Crippen LogP contribution in [0.5, 0.6) is 0 Å². The molecule has 1 amide bonds. The van der Waals surface area contributed by atoms with Crippen LogP contribution in [0.3, 0.4) is 0 Å². The fourth-order valence-corrected chi connectivity index (χ4v) is 3.03. The normalized spacial score (nSPS) is 10.7. The van der Waals surface area contributed by atoms with Gasteiger partial charge in [-0.05, 0) is 67.9 Å². The Morgan fingerprint density at radius 3 is 2.07 bits per heavy atom. The van der Waals surface area contributed by atoms with Crippen molar-refractivity contribution in [1.29, 1.82) is 0 Å². The molecule has 4 aromatic rings. The number of anilines is 1. The molecule has 0 saturated carbocycles. The van der Waals surface area contributed by atoms with Crippen molar-refractivity contribution >= 4 is 23.2 Å². The zero-order valence-corrected chi connectivity index (χ0v) is 16.7. The first kappa shape index (κ1) is 18.9. The molecule has 3 aromatic carbocycles. The molecule has 0 bridgehead atoms. The Hall–Kier alpha value is -3.44. The van der Waals surface area contributed by atoms with Crippen molar-refractivity contribution in [2.75, 3.05) is 5.32 Å². The lowest BCUT2D eigenvalue weighted by atomic mass is 10.1. The van der Waals surface area contributed by atoms with Crippen molar-refractivity contribution in [3.05, 3.63) is 88.4 Å². The van der Waals surface area contributed by atoms with Gasteiger partial charge in [0.05, 0.1) is 0 Å². The Balaban J connectivity index is 1.51. The Kier molecular flexibility index (Phi) is 5.14. The van der Waals surface area contributed by atoms with E-state index in [0.29, 0.717) is 28.1 Å². The Labute approximate surface area is 173 Å². The molecule has 6 heteroatoms. The van der Waals surface area contributed by atoms with Gasteiger partial charge in [0, 0.05) is 27.4 Å². The van der Waals surface area contributed by atoms with E-state index in [0.717, 1.165) is 22.3 Å². The highest BCUT2D eigenvalue weighted by atomic mass is 35.5. The van der Waals surface area contributed by atoms with E-state index in [2.05, 4.69) is 15.5 Å². The van der Waals surface area contributed by atoms with E-state index in [4.69, 9.17) is 16.0 Å². The highest BCUT2D eigenvalue weighted by Crippen LogP contribution is 2.26. The molecule has 0 unspecified atom stereocenters. The number of nitrogens with one attached hydrogen (secondary N) is 1. The molecule has 0 aliphatic rings. The summed E-state index contributed by atoms with van der Waals surface area (Å²) in [6.07, 6.45) is 0. The Morgan fingerprint density at radius 1 is 0.862 bits per heavy atom. The summed E-state index contributed by atoms with van der Waals surface area (Å²) in [6, 6.07) is 20.3. The van der Waals surface area contributed by atoms with Crippen LogP contribution in [0.4, 0.5) is 5.69 Å². The number of aromatic nitrogens is 2. The first-order valence-corrected chi connectivity index (χ1v) is 9.46. The van der Waals surface area contributed by atoms with E-state index in [1.165, 1.54) is 0 Å². The summed E-state index contributed by atoms with van der Waals surface area (Å²) in [6.45, 7) is 3.89. The van der Waals surface area contributed by atoms with Crippen LogP contribution in [0.2, 0.25) is 5.02 Å². The van der Waals surface area contributed by atoms with Gasteiger partial charge in [0.15, 0.2) is 0 Å². The number of rotatable bonds is 4. The van der Waals surface area contributed by atoms with E-state index in [1.54, 1.807) is 36.4 Å². The topological polar surface area (TPSA) is 68.0 Å². The minimum atomic E-state index is -0.215. The molecule has 0 aliphatic carbocycles. The summed E-state index contributed by atoms with van der Waals surface area (Å²) in [5.74, 6) is 0.643. The largest absolute Gasteiger partial charge is 0.416 e. The molecular weight excluding hydrogens is 386 g/mol. The number of nitrogens with zero attached hydrogens (tertiary/aromatic N) is 2. The van der Waals surface area contributed by atoms with Crippen molar-refractivity contribution in [2.24, 2.45) is 0 Å². The highest BCUT2D eigenvalue weighted by Gasteiger charge is 2.13. The number of amides is 1. The molecule has 0 saturated heterocycles. The predicted octanol–water partition coefficient (Wildman–Crippen LogP) is 5.93. The molecule has 1 heterocycles. The van der Waals surface area contributed by atoms with Crippen LogP contribution in [-0.2, 0) is 0 Å². The SMILES string of the molecule is Cc1ccc(-c2nnc(-c3ccc(C(=O)Nc4cccc(Cl)c4C)cc3)o2)cc1. The smallest absolute Gasteiger partial charge is 0.255 e. The van der Waals surface area contributed by atoms with E-state index in [9.17, 15) is 4.79 Å².